The first-order valence-electron chi connectivity index (χ1n) is 10.3. The molecule has 10 heteroatoms. The van der Waals surface area contributed by atoms with Gasteiger partial charge in [-0.2, -0.15) is 10.4 Å². The first kappa shape index (κ1) is 19.8. The van der Waals surface area contributed by atoms with Gasteiger partial charge in [0.25, 0.3) is 5.88 Å². The minimum absolute atomic E-state index is 0.115. The van der Waals surface area contributed by atoms with Crippen LogP contribution < -0.4 is 14.8 Å². The Morgan fingerprint density at radius 3 is 2.88 bits per heavy atom. The maximum absolute atomic E-state index is 9.48. The van der Waals surface area contributed by atoms with Crippen molar-refractivity contribution < 1.29 is 9.47 Å². The number of anilines is 1. The zero-order valence-electron chi connectivity index (χ0n) is 18.0. The molecule has 32 heavy (non-hydrogen) atoms. The van der Waals surface area contributed by atoms with Crippen molar-refractivity contribution in [2.24, 2.45) is 13.0 Å². The zero-order valence-corrected chi connectivity index (χ0v) is 18.0. The van der Waals surface area contributed by atoms with Gasteiger partial charge in [0.2, 0.25) is 0 Å². The Labute approximate surface area is 184 Å². The summed E-state index contributed by atoms with van der Waals surface area (Å²) in [4.78, 5) is 16.8. The van der Waals surface area contributed by atoms with Gasteiger partial charge in [-0.1, -0.05) is 13.8 Å². The Balaban J connectivity index is 1.52. The molecule has 1 atom stereocenters. The van der Waals surface area contributed by atoms with Gasteiger partial charge in [-0.25, -0.2) is 15.0 Å². The molecule has 1 aliphatic rings. The van der Waals surface area contributed by atoms with Crippen molar-refractivity contribution in [2.45, 2.75) is 19.9 Å². The molecule has 0 spiro atoms. The third-order valence-electron chi connectivity index (χ3n) is 5.46. The van der Waals surface area contributed by atoms with E-state index in [0.717, 1.165) is 16.8 Å². The van der Waals surface area contributed by atoms with E-state index in [1.165, 1.54) is 6.33 Å². The third-order valence-corrected chi connectivity index (χ3v) is 5.46. The lowest BCUT2D eigenvalue weighted by molar-refractivity contribution is 0.163. The van der Waals surface area contributed by atoms with Crippen molar-refractivity contribution in [3.8, 4) is 29.0 Å². The van der Waals surface area contributed by atoms with E-state index >= 15 is 0 Å². The fourth-order valence-corrected chi connectivity index (χ4v) is 3.82. The van der Waals surface area contributed by atoms with Crippen molar-refractivity contribution >= 4 is 16.9 Å². The summed E-state index contributed by atoms with van der Waals surface area (Å²) in [5.41, 5.74) is 3.45. The summed E-state index contributed by atoms with van der Waals surface area (Å²) in [6.45, 7) is 5.25. The van der Waals surface area contributed by atoms with Gasteiger partial charge in [0, 0.05) is 7.05 Å². The molecule has 0 saturated carbocycles. The van der Waals surface area contributed by atoms with Crippen LogP contribution in [-0.4, -0.2) is 42.9 Å². The molecule has 10 nitrogen and oxygen atoms in total. The molecule has 0 unspecified atom stereocenters. The Morgan fingerprint density at radius 2 is 2.06 bits per heavy atom. The van der Waals surface area contributed by atoms with Crippen LogP contribution in [0.15, 0.2) is 30.7 Å². The number of pyridine rings is 1. The highest BCUT2D eigenvalue weighted by Crippen LogP contribution is 2.34. The predicted molar refractivity (Wildman–Crippen MR) is 117 cm³/mol. The number of aryl methyl sites for hydroxylation is 1. The number of ether oxygens (including phenoxy) is 2. The van der Waals surface area contributed by atoms with Crippen LogP contribution in [0.25, 0.3) is 22.3 Å². The summed E-state index contributed by atoms with van der Waals surface area (Å²) in [6, 6.07) is 7.85. The second-order valence-electron chi connectivity index (χ2n) is 7.91. The van der Waals surface area contributed by atoms with Gasteiger partial charge < -0.3 is 19.8 Å². The van der Waals surface area contributed by atoms with E-state index in [1.54, 1.807) is 17.9 Å². The van der Waals surface area contributed by atoms with E-state index in [0.29, 0.717) is 47.6 Å². The minimum atomic E-state index is -0.115. The molecule has 2 N–H and O–H groups in total. The Hall–Kier alpha value is -4.13. The summed E-state index contributed by atoms with van der Waals surface area (Å²) in [6.07, 6.45) is 3.17. The van der Waals surface area contributed by atoms with Gasteiger partial charge in [0.1, 0.15) is 42.8 Å². The molecular formula is C22H22N8O2. The largest absolute Gasteiger partial charge is 0.484 e. The zero-order chi connectivity index (χ0) is 22.2. The molecular weight excluding hydrogens is 408 g/mol. The normalized spacial score (nSPS) is 13.8. The number of nitrogens with zero attached hydrogens (tertiary/aromatic N) is 6. The highest BCUT2D eigenvalue weighted by Gasteiger charge is 2.23. The second-order valence-corrected chi connectivity index (χ2v) is 7.91. The molecule has 0 aromatic carbocycles. The Kier molecular flexibility index (Phi) is 4.86. The molecule has 5 rings (SSSR count). The predicted octanol–water partition coefficient (Wildman–Crippen LogP) is 3.21. The topological polar surface area (TPSA) is 127 Å². The van der Waals surface area contributed by atoms with Crippen molar-refractivity contribution in [3.05, 3.63) is 42.1 Å². The number of aromatic amines is 1. The van der Waals surface area contributed by atoms with Crippen molar-refractivity contribution in [2.75, 3.05) is 18.5 Å². The van der Waals surface area contributed by atoms with Crippen LogP contribution in [-0.2, 0) is 7.05 Å². The van der Waals surface area contributed by atoms with Crippen LogP contribution in [0.3, 0.4) is 0 Å². The highest BCUT2D eigenvalue weighted by atomic mass is 16.6. The van der Waals surface area contributed by atoms with E-state index < -0.39 is 0 Å². The summed E-state index contributed by atoms with van der Waals surface area (Å²) in [7, 11) is 1.74. The van der Waals surface area contributed by atoms with Gasteiger partial charge >= 0.3 is 0 Å². The third kappa shape index (κ3) is 3.37. The van der Waals surface area contributed by atoms with Gasteiger partial charge in [-0.15, -0.1) is 0 Å². The van der Waals surface area contributed by atoms with Crippen LogP contribution in [0.1, 0.15) is 31.3 Å². The van der Waals surface area contributed by atoms with Crippen LogP contribution >= 0.6 is 0 Å². The molecule has 4 aromatic rings. The number of fused-ring (bicyclic) bond motifs is 2. The van der Waals surface area contributed by atoms with E-state index in [1.807, 2.05) is 18.2 Å². The Bertz CT molecular complexity index is 1330. The molecule has 0 radical (unpaired) electrons. The molecule has 0 amide bonds. The number of nitrogens with one attached hydrogen (secondary N) is 2. The van der Waals surface area contributed by atoms with Gasteiger partial charge in [-0.3, -0.25) is 4.68 Å². The summed E-state index contributed by atoms with van der Waals surface area (Å²) in [5, 5.41) is 18.0. The maximum atomic E-state index is 9.48. The van der Waals surface area contributed by atoms with Crippen LogP contribution in [0.2, 0.25) is 0 Å². The fourth-order valence-electron chi connectivity index (χ4n) is 3.82. The lowest BCUT2D eigenvalue weighted by atomic mass is 10.00. The van der Waals surface area contributed by atoms with Gasteiger partial charge in [-0.05, 0) is 24.1 Å². The van der Waals surface area contributed by atoms with E-state index in [4.69, 9.17) is 9.47 Å². The Morgan fingerprint density at radius 1 is 1.22 bits per heavy atom. The summed E-state index contributed by atoms with van der Waals surface area (Å²) < 4.78 is 12.8. The summed E-state index contributed by atoms with van der Waals surface area (Å²) >= 11 is 0. The standard InChI is InChI=1S/C22H22N8O2/c1-12(2)19(15-4-5-18-22(28-15)32-7-6-31-18)29-21-13-8-16(27-20(13)24-11-25-21)14-10-26-30(3)17(14)9-23/h4-5,8,10-12,19H,6-7H2,1-3H3,(H2,24,25,27,29)/t19-/m0/s1. The van der Waals surface area contributed by atoms with Gasteiger partial charge in [0.05, 0.1) is 34.6 Å². The van der Waals surface area contributed by atoms with E-state index in [2.05, 4.69) is 50.3 Å². The monoisotopic (exact) mass is 430 g/mol. The number of rotatable bonds is 5. The van der Waals surface area contributed by atoms with E-state index in [-0.39, 0.29) is 12.0 Å². The average molecular weight is 430 g/mol. The number of aromatic nitrogens is 6. The number of H-pyrrole nitrogens is 1. The second kappa shape index (κ2) is 7.85. The van der Waals surface area contributed by atoms with Gasteiger partial charge in [0.15, 0.2) is 5.75 Å². The molecule has 0 fully saturated rings. The maximum Gasteiger partial charge on any atom is 0.257 e. The molecule has 0 saturated heterocycles. The first-order valence-corrected chi connectivity index (χ1v) is 10.3. The minimum Gasteiger partial charge on any atom is -0.484 e. The molecule has 1 aliphatic heterocycles. The lowest BCUT2D eigenvalue weighted by Crippen LogP contribution is -2.21. The molecule has 5 heterocycles. The molecule has 0 aliphatic carbocycles. The smallest absolute Gasteiger partial charge is 0.257 e. The fraction of sp³-hybridized carbons (Fsp3) is 0.318. The van der Waals surface area contributed by atoms with Crippen LogP contribution in [0.5, 0.6) is 11.6 Å². The molecule has 4 aromatic heterocycles. The van der Waals surface area contributed by atoms with Crippen molar-refractivity contribution in [1.82, 2.24) is 29.7 Å². The number of nitriles is 1. The van der Waals surface area contributed by atoms with E-state index in [9.17, 15) is 5.26 Å². The summed E-state index contributed by atoms with van der Waals surface area (Å²) in [5.74, 6) is 2.07. The molecule has 162 valence electrons. The average Bonchev–Trinajstić information content (AvgIpc) is 3.40. The molecule has 0 bridgehead atoms. The quantitative estimate of drug-likeness (QED) is 0.494. The van der Waals surface area contributed by atoms with Crippen LogP contribution in [0.4, 0.5) is 5.82 Å². The number of hydrogen-bond acceptors (Lipinski definition) is 8. The van der Waals surface area contributed by atoms with Crippen molar-refractivity contribution in [3.63, 3.8) is 0 Å². The lowest BCUT2D eigenvalue weighted by Gasteiger charge is -2.25. The number of hydrogen-bond donors (Lipinski definition) is 2. The first-order chi connectivity index (χ1) is 15.5. The highest BCUT2D eigenvalue weighted by molar-refractivity contribution is 5.92. The van der Waals surface area contributed by atoms with Crippen molar-refractivity contribution in [1.29, 1.82) is 5.26 Å². The van der Waals surface area contributed by atoms with Crippen LogP contribution in [0, 0.1) is 17.2 Å². The SMILES string of the molecule is CC(C)[C@H](Nc1ncnc2[nH]c(-c3cnn(C)c3C#N)cc12)c1ccc2c(n1)OCCO2.